The Labute approximate surface area is 146 Å². The predicted octanol–water partition coefficient (Wildman–Crippen LogP) is 4.01. The molecule has 1 saturated heterocycles. The van der Waals surface area contributed by atoms with Crippen molar-refractivity contribution in [3.8, 4) is 0 Å². The van der Waals surface area contributed by atoms with Gasteiger partial charge in [0.05, 0.1) is 6.54 Å². The maximum atomic E-state index is 13.0. The molecular formula is C19H19ClN2O2. The number of halogens is 1. The fourth-order valence-corrected chi connectivity index (χ4v) is 3.15. The lowest BCUT2D eigenvalue weighted by atomic mass is 9.87. The Kier molecular flexibility index (Phi) is 4.33. The molecule has 3 rings (SSSR count). The van der Waals surface area contributed by atoms with Crippen molar-refractivity contribution in [1.29, 1.82) is 0 Å². The first-order chi connectivity index (χ1) is 11.5. The number of hydrogen-bond donors (Lipinski definition) is 1. The van der Waals surface area contributed by atoms with Crippen molar-refractivity contribution in [3.05, 3.63) is 70.2 Å². The first-order valence-corrected chi connectivity index (χ1v) is 8.30. The Balaban J connectivity index is 1.91. The van der Waals surface area contributed by atoms with Crippen molar-refractivity contribution in [3.63, 3.8) is 0 Å². The standard InChI is InChI=1S/C19H19ClN2O2/c1-3-19(15-8-10-16(20)11-9-15)17(23)22(18(24)21-19)12-14-6-4-13(2)5-7-14/h4-11H,3,12H2,1-2H3,(H,21,24)/t19-/m0/s1. The van der Waals surface area contributed by atoms with Crippen LogP contribution >= 0.6 is 11.6 Å². The third-order valence-corrected chi connectivity index (χ3v) is 4.76. The van der Waals surface area contributed by atoms with Gasteiger partial charge in [-0.15, -0.1) is 0 Å². The van der Waals surface area contributed by atoms with Crippen LogP contribution in [-0.2, 0) is 16.9 Å². The molecule has 1 N–H and O–H groups in total. The molecule has 0 bridgehead atoms. The van der Waals surface area contributed by atoms with Crippen LogP contribution in [0.3, 0.4) is 0 Å². The summed E-state index contributed by atoms with van der Waals surface area (Å²) in [5.74, 6) is -0.224. The molecule has 1 atom stereocenters. The van der Waals surface area contributed by atoms with Gasteiger partial charge in [0, 0.05) is 5.02 Å². The van der Waals surface area contributed by atoms with E-state index in [0.717, 1.165) is 16.7 Å². The Hall–Kier alpha value is -2.33. The number of carbonyl (C=O) groups excluding carboxylic acids is 2. The number of aryl methyl sites for hydroxylation is 1. The van der Waals surface area contributed by atoms with E-state index in [1.165, 1.54) is 4.90 Å². The molecule has 0 aromatic heterocycles. The zero-order valence-corrected chi connectivity index (χ0v) is 14.4. The maximum absolute atomic E-state index is 13.0. The van der Waals surface area contributed by atoms with E-state index in [1.807, 2.05) is 38.1 Å². The quantitative estimate of drug-likeness (QED) is 0.853. The lowest BCUT2D eigenvalue weighted by Gasteiger charge is -2.26. The van der Waals surface area contributed by atoms with Gasteiger partial charge in [-0.25, -0.2) is 4.79 Å². The Bertz CT molecular complexity index is 771. The third kappa shape index (κ3) is 2.78. The first-order valence-electron chi connectivity index (χ1n) is 7.92. The van der Waals surface area contributed by atoms with Crippen molar-refractivity contribution in [1.82, 2.24) is 10.2 Å². The molecule has 1 aliphatic heterocycles. The minimum Gasteiger partial charge on any atom is -0.319 e. The molecule has 0 unspecified atom stereocenters. The van der Waals surface area contributed by atoms with Crippen molar-refractivity contribution < 1.29 is 9.59 Å². The largest absolute Gasteiger partial charge is 0.325 e. The molecule has 3 amide bonds. The number of imide groups is 1. The highest BCUT2D eigenvalue weighted by atomic mass is 35.5. The molecule has 2 aromatic carbocycles. The van der Waals surface area contributed by atoms with Gasteiger partial charge in [-0.05, 0) is 36.6 Å². The molecule has 24 heavy (non-hydrogen) atoms. The number of rotatable bonds is 4. The van der Waals surface area contributed by atoms with Crippen LogP contribution in [0.2, 0.25) is 5.02 Å². The molecule has 1 heterocycles. The van der Waals surface area contributed by atoms with Crippen LogP contribution in [0, 0.1) is 6.92 Å². The second-order valence-electron chi connectivity index (χ2n) is 6.07. The second kappa shape index (κ2) is 6.29. The molecule has 0 spiro atoms. The second-order valence-corrected chi connectivity index (χ2v) is 6.51. The van der Waals surface area contributed by atoms with Gasteiger partial charge >= 0.3 is 6.03 Å². The molecule has 5 heteroatoms. The maximum Gasteiger partial charge on any atom is 0.325 e. The number of amides is 3. The summed E-state index contributed by atoms with van der Waals surface area (Å²) >= 11 is 5.94. The van der Waals surface area contributed by atoms with Crippen LogP contribution in [0.5, 0.6) is 0 Å². The van der Waals surface area contributed by atoms with Crippen LogP contribution in [0.4, 0.5) is 4.79 Å². The average molecular weight is 343 g/mol. The minimum absolute atomic E-state index is 0.224. The number of nitrogens with one attached hydrogen (secondary N) is 1. The number of carbonyl (C=O) groups is 2. The molecule has 124 valence electrons. The van der Waals surface area contributed by atoms with Crippen LogP contribution in [0.25, 0.3) is 0 Å². The molecule has 4 nitrogen and oxygen atoms in total. The minimum atomic E-state index is -1.02. The van der Waals surface area contributed by atoms with Gasteiger partial charge in [0.15, 0.2) is 0 Å². The summed E-state index contributed by atoms with van der Waals surface area (Å²) in [6.07, 6.45) is 0.476. The van der Waals surface area contributed by atoms with Crippen LogP contribution in [-0.4, -0.2) is 16.8 Å². The van der Waals surface area contributed by atoms with Crippen molar-refractivity contribution in [2.24, 2.45) is 0 Å². The lowest BCUT2D eigenvalue weighted by molar-refractivity contribution is -0.132. The van der Waals surface area contributed by atoms with E-state index in [9.17, 15) is 9.59 Å². The molecule has 1 fully saturated rings. The summed E-state index contributed by atoms with van der Waals surface area (Å²) in [5.41, 5.74) is 1.79. The summed E-state index contributed by atoms with van der Waals surface area (Å²) in [7, 11) is 0. The van der Waals surface area contributed by atoms with Gasteiger partial charge in [0.2, 0.25) is 0 Å². The highest BCUT2D eigenvalue weighted by Gasteiger charge is 2.51. The van der Waals surface area contributed by atoms with Gasteiger partial charge in [-0.1, -0.05) is 60.5 Å². The van der Waals surface area contributed by atoms with Gasteiger partial charge < -0.3 is 5.32 Å². The van der Waals surface area contributed by atoms with E-state index in [0.29, 0.717) is 11.4 Å². The number of hydrogen-bond acceptors (Lipinski definition) is 2. The van der Waals surface area contributed by atoms with Crippen LogP contribution < -0.4 is 5.32 Å². The van der Waals surface area contributed by atoms with Crippen LogP contribution in [0.1, 0.15) is 30.0 Å². The molecule has 0 radical (unpaired) electrons. The third-order valence-electron chi connectivity index (χ3n) is 4.50. The molecular weight excluding hydrogens is 324 g/mol. The molecule has 1 aliphatic rings. The fourth-order valence-electron chi connectivity index (χ4n) is 3.02. The molecule has 0 aliphatic carbocycles. The van der Waals surface area contributed by atoms with Gasteiger partial charge in [-0.3, -0.25) is 9.69 Å². The SMILES string of the molecule is CC[C@@]1(c2ccc(Cl)cc2)NC(=O)N(Cc2ccc(C)cc2)C1=O. The summed E-state index contributed by atoms with van der Waals surface area (Å²) in [5, 5.41) is 3.47. The van der Waals surface area contributed by atoms with E-state index in [1.54, 1.807) is 24.3 Å². The van der Waals surface area contributed by atoms with E-state index in [4.69, 9.17) is 11.6 Å². The van der Waals surface area contributed by atoms with E-state index >= 15 is 0 Å². The topological polar surface area (TPSA) is 49.4 Å². The fraction of sp³-hybridized carbons (Fsp3) is 0.263. The molecule has 0 saturated carbocycles. The Morgan fingerprint density at radius 1 is 1.04 bits per heavy atom. The zero-order valence-electron chi connectivity index (χ0n) is 13.7. The Morgan fingerprint density at radius 2 is 1.67 bits per heavy atom. The highest BCUT2D eigenvalue weighted by Crippen LogP contribution is 2.33. The molecule has 2 aromatic rings. The summed E-state index contributed by atoms with van der Waals surface area (Å²) in [4.78, 5) is 26.8. The Morgan fingerprint density at radius 3 is 2.25 bits per heavy atom. The van der Waals surface area contributed by atoms with Gasteiger partial charge in [-0.2, -0.15) is 0 Å². The number of benzene rings is 2. The van der Waals surface area contributed by atoms with E-state index < -0.39 is 5.54 Å². The first kappa shape index (κ1) is 16.5. The van der Waals surface area contributed by atoms with E-state index in [2.05, 4.69) is 5.32 Å². The van der Waals surface area contributed by atoms with Gasteiger partial charge in [0.1, 0.15) is 5.54 Å². The number of urea groups is 1. The normalized spacial score (nSPS) is 20.4. The lowest BCUT2D eigenvalue weighted by Crippen LogP contribution is -2.43. The van der Waals surface area contributed by atoms with Crippen LogP contribution in [0.15, 0.2) is 48.5 Å². The van der Waals surface area contributed by atoms with Crippen molar-refractivity contribution in [2.75, 3.05) is 0 Å². The predicted molar refractivity (Wildman–Crippen MR) is 93.7 cm³/mol. The summed E-state index contributed by atoms with van der Waals surface area (Å²) in [6.45, 7) is 4.16. The monoisotopic (exact) mass is 342 g/mol. The summed E-state index contributed by atoms with van der Waals surface area (Å²) in [6, 6.07) is 14.5. The van der Waals surface area contributed by atoms with Crippen molar-refractivity contribution in [2.45, 2.75) is 32.4 Å². The number of nitrogens with zero attached hydrogens (tertiary/aromatic N) is 1. The smallest absolute Gasteiger partial charge is 0.319 e. The van der Waals surface area contributed by atoms with E-state index in [-0.39, 0.29) is 18.5 Å². The van der Waals surface area contributed by atoms with Crippen molar-refractivity contribution >= 4 is 23.5 Å². The summed E-state index contributed by atoms with van der Waals surface area (Å²) < 4.78 is 0. The average Bonchev–Trinajstić information content (AvgIpc) is 2.82. The zero-order chi connectivity index (χ0) is 17.3. The van der Waals surface area contributed by atoms with Gasteiger partial charge in [0.25, 0.3) is 5.91 Å². The highest BCUT2D eigenvalue weighted by molar-refractivity contribution is 6.30.